The van der Waals surface area contributed by atoms with Crippen molar-refractivity contribution in [2.45, 2.75) is 12.8 Å². The van der Waals surface area contributed by atoms with Gasteiger partial charge in [-0.3, -0.25) is 24.7 Å². The molecule has 0 radical (unpaired) electrons. The second kappa shape index (κ2) is 7.11. The van der Waals surface area contributed by atoms with Crippen molar-refractivity contribution < 1.29 is 14.4 Å². The van der Waals surface area contributed by atoms with Gasteiger partial charge in [0.05, 0.1) is 6.42 Å². The molecular weight excluding hydrogens is 308 g/mol. The zero-order valence-corrected chi connectivity index (χ0v) is 13.8. The fraction of sp³-hybridized carbons (Fsp3) is 0.471. The molecule has 3 rings (SSSR count). The summed E-state index contributed by atoms with van der Waals surface area (Å²) < 4.78 is 0. The van der Waals surface area contributed by atoms with E-state index in [1.807, 2.05) is 18.1 Å². The van der Waals surface area contributed by atoms with Gasteiger partial charge in [0, 0.05) is 44.7 Å². The Balaban J connectivity index is 1.54. The van der Waals surface area contributed by atoms with Crippen LogP contribution < -0.4 is 5.43 Å². The molecule has 1 saturated heterocycles. The maximum Gasteiger partial charge on any atom is 0.260 e. The molecule has 1 N–H and O–H groups in total. The van der Waals surface area contributed by atoms with E-state index in [1.54, 1.807) is 18.2 Å². The van der Waals surface area contributed by atoms with Gasteiger partial charge in [0.15, 0.2) is 0 Å². The number of carbonyl (C=O) groups excluding carboxylic acids is 3. The molecule has 0 spiro atoms. The molecule has 7 heteroatoms. The van der Waals surface area contributed by atoms with Crippen LogP contribution in [-0.2, 0) is 16.0 Å². The lowest BCUT2D eigenvalue weighted by molar-refractivity contribution is -0.130. The molecule has 7 nitrogen and oxygen atoms in total. The summed E-state index contributed by atoms with van der Waals surface area (Å²) in [6.45, 7) is 3.47. The van der Waals surface area contributed by atoms with Gasteiger partial charge in [0.1, 0.15) is 0 Å². The number of carbonyl (C=O) groups is 3. The van der Waals surface area contributed by atoms with Gasteiger partial charge in [-0.25, -0.2) is 5.01 Å². The summed E-state index contributed by atoms with van der Waals surface area (Å²) in [6.07, 6.45) is 0.327. The highest BCUT2D eigenvalue weighted by Gasteiger charge is 2.30. The van der Waals surface area contributed by atoms with E-state index in [2.05, 4.69) is 10.3 Å². The third kappa shape index (κ3) is 3.63. The van der Waals surface area contributed by atoms with Crippen molar-refractivity contribution in [1.82, 2.24) is 20.2 Å². The molecule has 2 aliphatic heterocycles. The van der Waals surface area contributed by atoms with Crippen LogP contribution in [-0.4, -0.2) is 72.3 Å². The van der Waals surface area contributed by atoms with Gasteiger partial charge >= 0.3 is 0 Å². The third-order valence-electron chi connectivity index (χ3n) is 4.48. The Kier molecular flexibility index (Phi) is 4.92. The molecule has 128 valence electrons. The summed E-state index contributed by atoms with van der Waals surface area (Å²) in [4.78, 5) is 40.1. The first kappa shape index (κ1) is 16.6. The lowest BCUT2D eigenvalue weighted by Crippen LogP contribution is -2.53. The number of likely N-dealkylation sites (N-methyl/N-ethyl adjacent to an activating group) is 1. The zero-order chi connectivity index (χ0) is 17.1. The number of imide groups is 1. The number of rotatable bonds is 4. The molecule has 0 bridgehead atoms. The number of hydrogen-bond acceptors (Lipinski definition) is 5. The molecule has 2 aliphatic rings. The van der Waals surface area contributed by atoms with Crippen molar-refractivity contribution in [2.75, 3.05) is 39.8 Å². The number of nitrogens with one attached hydrogen (secondary N) is 1. The van der Waals surface area contributed by atoms with Gasteiger partial charge in [0.2, 0.25) is 11.8 Å². The first-order valence-electron chi connectivity index (χ1n) is 8.20. The number of benzene rings is 1. The molecule has 0 saturated carbocycles. The average Bonchev–Trinajstić information content (AvgIpc) is 2.57. The molecule has 0 unspecified atom stereocenters. The quantitative estimate of drug-likeness (QED) is 0.779. The Morgan fingerprint density at radius 3 is 2.58 bits per heavy atom. The minimum Gasteiger partial charge on any atom is -0.304 e. The molecule has 0 atom stereocenters. The minimum absolute atomic E-state index is 0.117. The summed E-state index contributed by atoms with van der Waals surface area (Å²) in [6, 6.07) is 7.12. The molecule has 1 aromatic carbocycles. The van der Waals surface area contributed by atoms with Crippen LogP contribution in [0.1, 0.15) is 22.3 Å². The van der Waals surface area contributed by atoms with Crippen LogP contribution in [0.2, 0.25) is 0 Å². The minimum atomic E-state index is -0.311. The van der Waals surface area contributed by atoms with Crippen molar-refractivity contribution in [2.24, 2.45) is 0 Å². The third-order valence-corrected chi connectivity index (χ3v) is 4.48. The Morgan fingerprint density at radius 1 is 1.12 bits per heavy atom. The SMILES string of the molecule is CN1CCN(NC(=O)CCN2C(=O)Cc3ccccc3C2=O)CC1. The lowest BCUT2D eigenvalue weighted by Gasteiger charge is -2.32. The number of piperazine rings is 1. The van der Waals surface area contributed by atoms with Crippen molar-refractivity contribution in [3.8, 4) is 0 Å². The normalized spacial score (nSPS) is 19.3. The summed E-state index contributed by atoms with van der Waals surface area (Å²) in [5.74, 6) is -0.723. The second-order valence-corrected chi connectivity index (χ2v) is 6.26. The molecule has 3 amide bonds. The highest BCUT2D eigenvalue weighted by Crippen LogP contribution is 2.19. The van der Waals surface area contributed by atoms with Gasteiger partial charge in [-0.1, -0.05) is 18.2 Å². The van der Waals surface area contributed by atoms with Crippen molar-refractivity contribution in [1.29, 1.82) is 0 Å². The topological polar surface area (TPSA) is 73.0 Å². The van der Waals surface area contributed by atoms with Crippen molar-refractivity contribution >= 4 is 17.7 Å². The monoisotopic (exact) mass is 330 g/mol. The van der Waals surface area contributed by atoms with Gasteiger partial charge in [-0.2, -0.15) is 0 Å². The average molecular weight is 330 g/mol. The summed E-state index contributed by atoms with van der Waals surface area (Å²) in [7, 11) is 2.05. The van der Waals surface area contributed by atoms with E-state index in [-0.39, 0.29) is 37.1 Å². The Morgan fingerprint density at radius 2 is 1.83 bits per heavy atom. The number of amides is 3. The zero-order valence-electron chi connectivity index (χ0n) is 13.8. The summed E-state index contributed by atoms with van der Waals surface area (Å²) in [5, 5.41) is 1.89. The fourth-order valence-electron chi connectivity index (χ4n) is 2.99. The van der Waals surface area contributed by atoms with Gasteiger partial charge in [-0.15, -0.1) is 0 Å². The van der Waals surface area contributed by atoms with Crippen molar-refractivity contribution in [3.63, 3.8) is 0 Å². The van der Waals surface area contributed by atoms with E-state index in [1.165, 1.54) is 4.90 Å². The highest BCUT2D eigenvalue weighted by atomic mass is 16.2. The molecule has 0 aliphatic carbocycles. The molecule has 2 heterocycles. The Labute approximate surface area is 141 Å². The number of fused-ring (bicyclic) bond motifs is 1. The lowest BCUT2D eigenvalue weighted by atomic mass is 9.98. The van der Waals surface area contributed by atoms with Gasteiger partial charge in [-0.05, 0) is 18.7 Å². The van der Waals surface area contributed by atoms with Crippen LogP contribution in [0, 0.1) is 0 Å². The number of hydrogen-bond donors (Lipinski definition) is 1. The molecule has 1 aromatic rings. The number of hydrazine groups is 1. The van der Waals surface area contributed by atoms with E-state index in [4.69, 9.17) is 0 Å². The maximum atomic E-state index is 12.4. The van der Waals surface area contributed by atoms with Crippen LogP contribution in [0.4, 0.5) is 0 Å². The highest BCUT2D eigenvalue weighted by molar-refractivity contribution is 6.09. The van der Waals surface area contributed by atoms with E-state index >= 15 is 0 Å². The van der Waals surface area contributed by atoms with E-state index in [0.29, 0.717) is 5.56 Å². The smallest absolute Gasteiger partial charge is 0.260 e. The Hall–Kier alpha value is -2.25. The standard InChI is InChI=1S/C17H22N4O3/c1-19-8-10-20(11-9-19)18-15(22)6-7-21-16(23)12-13-4-2-3-5-14(13)17(21)24/h2-5H,6-12H2,1H3,(H,18,22). The molecule has 24 heavy (non-hydrogen) atoms. The van der Waals surface area contributed by atoms with Gasteiger partial charge < -0.3 is 4.90 Å². The van der Waals surface area contributed by atoms with E-state index in [0.717, 1.165) is 31.7 Å². The van der Waals surface area contributed by atoms with Crippen LogP contribution in [0.15, 0.2) is 24.3 Å². The summed E-state index contributed by atoms with van der Waals surface area (Å²) >= 11 is 0. The first-order chi connectivity index (χ1) is 11.5. The summed E-state index contributed by atoms with van der Waals surface area (Å²) in [5.41, 5.74) is 4.15. The molecule has 1 fully saturated rings. The predicted octanol–water partition coefficient (Wildman–Crippen LogP) is -0.120. The van der Waals surface area contributed by atoms with Crippen molar-refractivity contribution in [3.05, 3.63) is 35.4 Å². The van der Waals surface area contributed by atoms with Crippen LogP contribution >= 0.6 is 0 Å². The molecular formula is C17H22N4O3. The molecule has 0 aromatic heterocycles. The number of nitrogens with zero attached hydrogens (tertiary/aromatic N) is 3. The van der Waals surface area contributed by atoms with Gasteiger partial charge in [0.25, 0.3) is 5.91 Å². The Bertz CT molecular complexity index is 653. The first-order valence-corrected chi connectivity index (χ1v) is 8.20. The largest absolute Gasteiger partial charge is 0.304 e. The fourth-order valence-corrected chi connectivity index (χ4v) is 2.99. The second-order valence-electron chi connectivity index (χ2n) is 6.26. The maximum absolute atomic E-state index is 12.4. The predicted molar refractivity (Wildman–Crippen MR) is 88.0 cm³/mol. The van der Waals surface area contributed by atoms with E-state index < -0.39 is 0 Å². The van der Waals surface area contributed by atoms with Crippen LogP contribution in [0.3, 0.4) is 0 Å². The van der Waals surface area contributed by atoms with Crippen LogP contribution in [0.25, 0.3) is 0 Å². The van der Waals surface area contributed by atoms with Crippen LogP contribution in [0.5, 0.6) is 0 Å². The van der Waals surface area contributed by atoms with E-state index in [9.17, 15) is 14.4 Å².